The van der Waals surface area contributed by atoms with Gasteiger partial charge in [-0.3, -0.25) is 14.9 Å². The van der Waals surface area contributed by atoms with Gasteiger partial charge in [0, 0.05) is 0 Å². The molecule has 0 atom stereocenters. The van der Waals surface area contributed by atoms with Crippen LogP contribution in [0.2, 0.25) is 0 Å². The first kappa shape index (κ1) is 23.0. The monoisotopic (exact) mass is 502 g/mol. The molecular formula is C22H19BrN2O7. The van der Waals surface area contributed by atoms with Crippen LogP contribution in [0.15, 0.2) is 46.4 Å². The quantitative estimate of drug-likeness (QED) is 0.367. The molecule has 10 heteroatoms. The number of hydrogen-bond donors (Lipinski definition) is 1. The minimum atomic E-state index is -0.822. The number of anilines is 1. The number of aryl methyl sites for hydroxylation is 1. The van der Waals surface area contributed by atoms with Crippen molar-refractivity contribution in [3.05, 3.63) is 57.6 Å². The number of benzene rings is 2. The van der Waals surface area contributed by atoms with Crippen LogP contribution < -0.4 is 19.7 Å². The molecule has 0 bridgehead atoms. The second-order valence-electron chi connectivity index (χ2n) is 6.64. The number of urea groups is 1. The summed E-state index contributed by atoms with van der Waals surface area (Å²) in [6, 6.07) is 9.13. The van der Waals surface area contributed by atoms with Crippen LogP contribution in [0.3, 0.4) is 0 Å². The highest BCUT2D eigenvalue weighted by Gasteiger charge is 2.37. The molecule has 3 rings (SSSR count). The third kappa shape index (κ3) is 4.65. The van der Waals surface area contributed by atoms with E-state index in [2.05, 4.69) is 26.0 Å². The predicted octanol–water partition coefficient (Wildman–Crippen LogP) is 2.98. The normalized spacial score (nSPS) is 14.9. The summed E-state index contributed by atoms with van der Waals surface area (Å²) in [6.07, 6.45) is 1.34. The summed E-state index contributed by atoms with van der Waals surface area (Å²) in [7, 11) is 2.64. The molecule has 1 fully saturated rings. The van der Waals surface area contributed by atoms with E-state index < -0.39 is 23.8 Å². The molecule has 0 aromatic heterocycles. The largest absolute Gasteiger partial charge is 0.493 e. The van der Waals surface area contributed by atoms with E-state index in [1.165, 1.54) is 26.4 Å². The van der Waals surface area contributed by atoms with Gasteiger partial charge in [-0.2, -0.15) is 0 Å². The van der Waals surface area contributed by atoms with E-state index in [-0.39, 0.29) is 23.7 Å². The zero-order valence-corrected chi connectivity index (χ0v) is 19.0. The minimum Gasteiger partial charge on any atom is -0.493 e. The van der Waals surface area contributed by atoms with Gasteiger partial charge in [-0.15, -0.1) is 0 Å². The van der Waals surface area contributed by atoms with Gasteiger partial charge in [-0.1, -0.05) is 18.2 Å². The number of esters is 1. The Morgan fingerprint density at radius 1 is 1.16 bits per heavy atom. The molecule has 1 N–H and O–H groups in total. The van der Waals surface area contributed by atoms with Crippen molar-refractivity contribution in [2.24, 2.45) is 0 Å². The van der Waals surface area contributed by atoms with Gasteiger partial charge in [-0.05, 0) is 58.3 Å². The van der Waals surface area contributed by atoms with Gasteiger partial charge in [0.2, 0.25) is 0 Å². The van der Waals surface area contributed by atoms with Crippen LogP contribution in [0.1, 0.15) is 11.1 Å². The molecule has 1 aliphatic rings. The van der Waals surface area contributed by atoms with Crippen LogP contribution in [-0.2, 0) is 19.1 Å². The molecule has 0 saturated carbocycles. The molecule has 0 spiro atoms. The lowest BCUT2D eigenvalue weighted by Crippen LogP contribution is -2.54. The zero-order valence-electron chi connectivity index (χ0n) is 17.4. The van der Waals surface area contributed by atoms with E-state index >= 15 is 0 Å². The van der Waals surface area contributed by atoms with Gasteiger partial charge in [0.05, 0.1) is 24.4 Å². The second kappa shape index (κ2) is 9.65. The zero-order chi connectivity index (χ0) is 23.4. The first-order valence-corrected chi connectivity index (χ1v) is 10.1. The molecule has 9 nitrogen and oxygen atoms in total. The second-order valence-corrected chi connectivity index (χ2v) is 7.50. The summed E-state index contributed by atoms with van der Waals surface area (Å²) in [5.74, 6) is -1.64. The van der Waals surface area contributed by atoms with Gasteiger partial charge in [-0.25, -0.2) is 14.5 Å². The van der Waals surface area contributed by atoms with Crippen molar-refractivity contribution in [1.29, 1.82) is 0 Å². The van der Waals surface area contributed by atoms with Crippen LogP contribution in [0.4, 0.5) is 10.5 Å². The Morgan fingerprint density at radius 2 is 1.88 bits per heavy atom. The molecule has 0 radical (unpaired) electrons. The average Bonchev–Trinajstić information content (AvgIpc) is 2.76. The Hall–Kier alpha value is -3.66. The van der Waals surface area contributed by atoms with E-state index in [9.17, 15) is 19.2 Å². The lowest BCUT2D eigenvalue weighted by Gasteiger charge is -2.27. The van der Waals surface area contributed by atoms with E-state index in [4.69, 9.17) is 9.47 Å². The smallest absolute Gasteiger partial charge is 0.343 e. The first-order chi connectivity index (χ1) is 15.3. The molecule has 1 aliphatic heterocycles. The number of para-hydroxylation sites is 1. The van der Waals surface area contributed by atoms with Crippen molar-refractivity contribution in [2.45, 2.75) is 6.92 Å². The van der Waals surface area contributed by atoms with Crippen LogP contribution in [-0.4, -0.2) is 44.6 Å². The lowest BCUT2D eigenvalue weighted by atomic mass is 10.1. The van der Waals surface area contributed by atoms with Crippen molar-refractivity contribution in [2.75, 3.05) is 25.7 Å². The molecule has 1 heterocycles. The van der Waals surface area contributed by atoms with Crippen LogP contribution in [0.5, 0.6) is 11.5 Å². The Kier molecular flexibility index (Phi) is 6.94. The molecule has 1 saturated heterocycles. The summed E-state index contributed by atoms with van der Waals surface area (Å²) < 4.78 is 15.7. The van der Waals surface area contributed by atoms with Crippen LogP contribution in [0.25, 0.3) is 6.08 Å². The number of barbiturate groups is 1. The number of carbonyl (C=O) groups is 4. The summed E-state index contributed by atoms with van der Waals surface area (Å²) in [4.78, 5) is 50.2. The maximum absolute atomic E-state index is 13.1. The van der Waals surface area contributed by atoms with Crippen molar-refractivity contribution < 1.29 is 33.4 Å². The van der Waals surface area contributed by atoms with Crippen LogP contribution >= 0.6 is 15.9 Å². The number of halogens is 1. The van der Waals surface area contributed by atoms with Gasteiger partial charge >= 0.3 is 12.0 Å². The molecule has 4 amide bonds. The van der Waals surface area contributed by atoms with Crippen molar-refractivity contribution in [1.82, 2.24) is 5.32 Å². The Morgan fingerprint density at radius 3 is 2.53 bits per heavy atom. The number of nitrogens with zero attached hydrogens (tertiary/aromatic N) is 1. The third-order valence-corrected chi connectivity index (χ3v) is 5.17. The highest BCUT2D eigenvalue weighted by Crippen LogP contribution is 2.37. The number of rotatable bonds is 6. The Balaban J connectivity index is 1.99. The molecule has 32 heavy (non-hydrogen) atoms. The fourth-order valence-electron chi connectivity index (χ4n) is 3.01. The number of amides is 4. The molecule has 2 aromatic carbocycles. The number of nitrogens with one attached hydrogen (secondary N) is 1. The average molecular weight is 503 g/mol. The van der Waals surface area contributed by atoms with Gasteiger partial charge in [0.15, 0.2) is 18.1 Å². The summed E-state index contributed by atoms with van der Waals surface area (Å²) >= 11 is 3.34. The standard InChI is InChI=1S/C22H19BrN2O7/c1-12-6-4-5-7-16(12)25-21(28)14(20(27)24-22(25)29)8-13-9-15(23)19(17(10-13)30-2)32-11-18(26)31-3/h4-10H,11H2,1-3H3,(H,24,27,29)/b14-8+. The molecule has 166 valence electrons. The Bertz CT molecular complexity index is 1140. The van der Waals surface area contributed by atoms with Gasteiger partial charge < -0.3 is 14.2 Å². The topological polar surface area (TPSA) is 111 Å². The fraction of sp³-hybridized carbons (Fsp3) is 0.182. The maximum atomic E-state index is 13.1. The lowest BCUT2D eigenvalue weighted by molar-refractivity contribution is -0.143. The first-order valence-electron chi connectivity index (χ1n) is 9.31. The summed E-state index contributed by atoms with van der Waals surface area (Å²) in [5, 5.41) is 2.19. The number of imide groups is 2. The fourth-order valence-corrected chi connectivity index (χ4v) is 3.58. The number of hydrogen-bond acceptors (Lipinski definition) is 7. The van der Waals surface area contributed by atoms with E-state index in [1.54, 1.807) is 37.3 Å². The highest BCUT2D eigenvalue weighted by atomic mass is 79.9. The van der Waals surface area contributed by atoms with Crippen molar-refractivity contribution >= 4 is 51.5 Å². The number of ether oxygens (including phenoxy) is 3. The van der Waals surface area contributed by atoms with Crippen molar-refractivity contribution in [3.63, 3.8) is 0 Å². The minimum absolute atomic E-state index is 0.231. The molecular weight excluding hydrogens is 484 g/mol. The van der Waals surface area contributed by atoms with E-state index in [1.807, 2.05) is 0 Å². The summed E-state index contributed by atoms with van der Waals surface area (Å²) in [6.45, 7) is 1.42. The van der Waals surface area contributed by atoms with Crippen molar-refractivity contribution in [3.8, 4) is 11.5 Å². The highest BCUT2D eigenvalue weighted by molar-refractivity contribution is 9.10. The van der Waals surface area contributed by atoms with Crippen LogP contribution in [0, 0.1) is 6.92 Å². The third-order valence-electron chi connectivity index (χ3n) is 4.58. The van der Waals surface area contributed by atoms with E-state index in [0.29, 0.717) is 21.3 Å². The maximum Gasteiger partial charge on any atom is 0.343 e. The molecule has 0 aliphatic carbocycles. The predicted molar refractivity (Wildman–Crippen MR) is 118 cm³/mol. The van der Waals surface area contributed by atoms with E-state index in [0.717, 1.165) is 4.90 Å². The Labute approximate surface area is 192 Å². The number of carbonyl (C=O) groups excluding carboxylic acids is 4. The molecule has 0 unspecified atom stereocenters. The van der Waals surface area contributed by atoms with Gasteiger partial charge in [0.25, 0.3) is 11.8 Å². The van der Waals surface area contributed by atoms with Gasteiger partial charge in [0.1, 0.15) is 5.57 Å². The summed E-state index contributed by atoms with van der Waals surface area (Å²) in [5.41, 5.74) is 1.27. The SMILES string of the molecule is COC(=O)COc1c(Br)cc(/C=C2\C(=O)NC(=O)N(c3ccccc3C)C2=O)cc1OC. The number of methoxy groups -OCH3 is 2. The molecule has 2 aromatic rings.